The van der Waals surface area contributed by atoms with E-state index in [1.54, 1.807) is 12.4 Å². The Bertz CT molecular complexity index is 956. The van der Waals surface area contributed by atoms with Gasteiger partial charge in [-0.2, -0.15) is 0 Å². The van der Waals surface area contributed by atoms with E-state index in [1.807, 2.05) is 24.3 Å². The van der Waals surface area contributed by atoms with Gasteiger partial charge in [0, 0.05) is 43.2 Å². The fourth-order valence-corrected chi connectivity index (χ4v) is 3.66. The van der Waals surface area contributed by atoms with Crippen LogP contribution in [0.1, 0.15) is 39.5 Å². The molecule has 1 aromatic heterocycles. The van der Waals surface area contributed by atoms with E-state index in [0.29, 0.717) is 6.61 Å². The number of aliphatic hydroxyl groups is 1. The number of hydrogen-bond donors (Lipinski definition) is 1. The molecule has 4 rings (SSSR count). The maximum Gasteiger partial charge on any atom is 0.123 e. The van der Waals surface area contributed by atoms with E-state index in [1.165, 1.54) is 16.7 Å². The fourth-order valence-electron chi connectivity index (χ4n) is 3.66. The number of rotatable bonds is 4. The van der Waals surface area contributed by atoms with E-state index in [0.717, 1.165) is 42.1 Å². The Morgan fingerprint density at radius 1 is 1.07 bits per heavy atom. The van der Waals surface area contributed by atoms with Crippen molar-refractivity contribution in [3.8, 4) is 5.75 Å². The molecular formula is C24H26N2O2. The molecule has 0 saturated carbocycles. The lowest BCUT2D eigenvalue weighted by Crippen LogP contribution is -2.25. The minimum Gasteiger partial charge on any atom is -0.492 e. The van der Waals surface area contributed by atoms with Crippen LogP contribution in [0.3, 0.4) is 0 Å². The number of fused-ring (bicyclic) bond motifs is 1. The van der Waals surface area contributed by atoms with E-state index >= 15 is 0 Å². The summed E-state index contributed by atoms with van der Waals surface area (Å²) in [5.41, 5.74) is 6.74. The smallest absolute Gasteiger partial charge is 0.123 e. The molecule has 1 aliphatic rings. The Balaban J connectivity index is 1.55. The lowest BCUT2D eigenvalue weighted by molar-refractivity contribution is 0.218. The summed E-state index contributed by atoms with van der Waals surface area (Å²) in [5, 5.41) is 10.7. The molecule has 1 atom stereocenters. The zero-order valence-electron chi connectivity index (χ0n) is 16.4. The average Bonchev–Trinajstić information content (AvgIpc) is 2.92. The second-order valence-electron chi connectivity index (χ2n) is 7.53. The number of aromatic nitrogens is 1. The van der Waals surface area contributed by atoms with Gasteiger partial charge in [-0.25, -0.2) is 0 Å². The summed E-state index contributed by atoms with van der Waals surface area (Å²) in [5.74, 6) is 0.907. The third-order valence-electron chi connectivity index (χ3n) is 5.44. The highest BCUT2D eigenvalue weighted by Gasteiger charge is 2.19. The molecule has 4 heteroatoms. The largest absolute Gasteiger partial charge is 0.492 e. The Morgan fingerprint density at radius 3 is 2.75 bits per heavy atom. The lowest BCUT2D eigenvalue weighted by Gasteiger charge is -2.20. The van der Waals surface area contributed by atoms with Crippen LogP contribution in [0.2, 0.25) is 0 Å². The molecule has 2 aromatic carbocycles. The zero-order valence-corrected chi connectivity index (χ0v) is 16.4. The van der Waals surface area contributed by atoms with Gasteiger partial charge in [-0.15, -0.1) is 0 Å². The zero-order chi connectivity index (χ0) is 19.5. The van der Waals surface area contributed by atoms with E-state index in [9.17, 15) is 5.11 Å². The molecule has 1 aliphatic heterocycles. The minimum atomic E-state index is -0.685. The number of ether oxygens (including phenoxy) is 1. The van der Waals surface area contributed by atoms with Gasteiger partial charge < -0.3 is 9.84 Å². The number of benzene rings is 2. The second-order valence-corrected chi connectivity index (χ2v) is 7.53. The first-order valence-electron chi connectivity index (χ1n) is 9.72. The number of nitrogens with zero attached hydrogens (tertiary/aromatic N) is 2. The first-order valence-corrected chi connectivity index (χ1v) is 9.72. The normalized spacial score (nSPS) is 15.4. The fraction of sp³-hybridized carbons (Fsp3) is 0.292. The molecule has 28 heavy (non-hydrogen) atoms. The summed E-state index contributed by atoms with van der Waals surface area (Å²) in [7, 11) is 0. The lowest BCUT2D eigenvalue weighted by atomic mass is 10.00. The van der Waals surface area contributed by atoms with Gasteiger partial charge in [-0.1, -0.05) is 30.3 Å². The van der Waals surface area contributed by atoms with Crippen molar-refractivity contribution in [2.24, 2.45) is 0 Å². The molecule has 3 aromatic rings. The number of hydrogen-bond acceptors (Lipinski definition) is 4. The van der Waals surface area contributed by atoms with Crippen molar-refractivity contribution in [1.82, 2.24) is 9.88 Å². The van der Waals surface area contributed by atoms with Crippen LogP contribution in [0.15, 0.2) is 60.9 Å². The first kappa shape index (κ1) is 18.7. The van der Waals surface area contributed by atoms with E-state index < -0.39 is 6.10 Å². The monoisotopic (exact) mass is 374 g/mol. The van der Waals surface area contributed by atoms with Crippen LogP contribution in [-0.2, 0) is 13.1 Å². The van der Waals surface area contributed by atoms with Crippen molar-refractivity contribution in [3.05, 3.63) is 94.3 Å². The van der Waals surface area contributed by atoms with Gasteiger partial charge in [-0.3, -0.25) is 9.88 Å². The van der Waals surface area contributed by atoms with Crippen molar-refractivity contribution in [1.29, 1.82) is 0 Å². The van der Waals surface area contributed by atoms with E-state index in [-0.39, 0.29) is 0 Å². The van der Waals surface area contributed by atoms with Crippen molar-refractivity contribution in [3.63, 3.8) is 0 Å². The van der Waals surface area contributed by atoms with E-state index in [4.69, 9.17) is 4.74 Å². The van der Waals surface area contributed by atoms with Crippen LogP contribution in [0.5, 0.6) is 5.75 Å². The standard InChI is InChI=1S/C24H26N2O2/c1-17-5-6-19(12-18(17)2)15-26-10-11-28-23-8-7-20(13-22(23)16-26)24(27)21-4-3-9-25-14-21/h3-9,12-14,24,27H,10-11,15-16H2,1-2H3. The number of pyridine rings is 1. The molecule has 2 heterocycles. The minimum absolute atomic E-state index is 0.669. The highest BCUT2D eigenvalue weighted by atomic mass is 16.5. The van der Waals surface area contributed by atoms with Crippen LogP contribution in [-0.4, -0.2) is 28.1 Å². The van der Waals surface area contributed by atoms with Crippen molar-refractivity contribution in [2.45, 2.75) is 33.0 Å². The highest BCUT2D eigenvalue weighted by molar-refractivity contribution is 5.41. The molecule has 144 valence electrons. The van der Waals surface area contributed by atoms with Crippen molar-refractivity contribution >= 4 is 0 Å². The maximum absolute atomic E-state index is 10.7. The molecule has 1 N–H and O–H groups in total. The molecule has 0 fully saturated rings. The molecule has 4 nitrogen and oxygen atoms in total. The first-order chi connectivity index (χ1) is 13.6. The summed E-state index contributed by atoms with van der Waals surface area (Å²) < 4.78 is 5.96. The predicted octanol–water partition coefficient (Wildman–Crippen LogP) is 4.17. The third-order valence-corrected chi connectivity index (χ3v) is 5.44. The van der Waals surface area contributed by atoms with Crippen molar-refractivity contribution < 1.29 is 9.84 Å². The van der Waals surface area contributed by atoms with Gasteiger partial charge in [0.05, 0.1) is 0 Å². The van der Waals surface area contributed by atoms with Gasteiger partial charge in [0.25, 0.3) is 0 Å². The molecule has 0 saturated heterocycles. The van der Waals surface area contributed by atoms with Crippen LogP contribution in [0.4, 0.5) is 0 Å². The Hall–Kier alpha value is -2.69. The summed E-state index contributed by atoms with van der Waals surface area (Å²) in [6.45, 7) is 7.54. The summed E-state index contributed by atoms with van der Waals surface area (Å²) >= 11 is 0. The molecule has 0 bridgehead atoms. The molecule has 0 amide bonds. The number of aryl methyl sites for hydroxylation is 2. The number of aliphatic hydroxyl groups excluding tert-OH is 1. The molecule has 0 radical (unpaired) electrons. The van der Waals surface area contributed by atoms with E-state index in [2.05, 4.69) is 48.0 Å². The molecular weight excluding hydrogens is 348 g/mol. The maximum atomic E-state index is 10.7. The van der Waals surface area contributed by atoms with Crippen LogP contribution in [0.25, 0.3) is 0 Å². The van der Waals surface area contributed by atoms with Crippen LogP contribution < -0.4 is 4.74 Å². The summed E-state index contributed by atoms with van der Waals surface area (Å²) in [6.07, 6.45) is 2.74. The van der Waals surface area contributed by atoms with Gasteiger partial charge >= 0.3 is 0 Å². The third kappa shape index (κ3) is 4.08. The molecule has 0 spiro atoms. The quantitative estimate of drug-likeness (QED) is 0.744. The van der Waals surface area contributed by atoms with Crippen LogP contribution in [0, 0.1) is 13.8 Å². The predicted molar refractivity (Wildman–Crippen MR) is 110 cm³/mol. The topological polar surface area (TPSA) is 45.6 Å². The Kier molecular flexibility index (Phi) is 5.42. The SMILES string of the molecule is Cc1ccc(CN2CCOc3ccc(C(O)c4cccnc4)cc3C2)cc1C. The van der Waals surface area contributed by atoms with Gasteiger partial charge in [0.1, 0.15) is 18.5 Å². The van der Waals surface area contributed by atoms with Gasteiger partial charge in [-0.05, 0) is 54.3 Å². The Labute approximate surface area is 166 Å². The van der Waals surface area contributed by atoms with Crippen LogP contribution >= 0.6 is 0 Å². The van der Waals surface area contributed by atoms with Gasteiger partial charge in [0.2, 0.25) is 0 Å². The molecule has 0 aliphatic carbocycles. The molecule has 1 unspecified atom stereocenters. The second kappa shape index (κ2) is 8.13. The summed E-state index contributed by atoms with van der Waals surface area (Å²) in [6, 6.07) is 16.4. The highest BCUT2D eigenvalue weighted by Crippen LogP contribution is 2.29. The Morgan fingerprint density at radius 2 is 1.96 bits per heavy atom. The summed E-state index contributed by atoms with van der Waals surface area (Å²) in [4.78, 5) is 6.51. The van der Waals surface area contributed by atoms with Crippen molar-refractivity contribution in [2.75, 3.05) is 13.2 Å². The van der Waals surface area contributed by atoms with Gasteiger partial charge in [0.15, 0.2) is 0 Å². The average molecular weight is 374 g/mol.